The number of aliphatic hydroxyl groups is 19. The zero-order valence-electron chi connectivity index (χ0n) is 67.0. The molecule has 118 heavy (non-hydrogen) atoms. The molecule has 8 aliphatic heterocycles. The highest BCUT2D eigenvalue weighted by molar-refractivity contribution is 5.79. The Balaban J connectivity index is 0.768. The summed E-state index contributed by atoms with van der Waals surface area (Å²) in [4.78, 5) is 56.4. The Labute approximate surface area is 678 Å². The summed E-state index contributed by atoms with van der Waals surface area (Å²) >= 11 is 0. The summed E-state index contributed by atoms with van der Waals surface area (Å²) in [5, 5.41) is 220. The summed E-state index contributed by atoms with van der Waals surface area (Å²) in [5.41, 5.74) is -3.95. The van der Waals surface area contributed by atoms with Gasteiger partial charge in [0, 0.05) is 6.92 Å². The standard InChI is InChI=1S/C77H120O41/c1-27-54(107-29(3)81)50(95)60(116-68-53(98)58(114-66-48(93)44(89)42(87)35(21-78)108-66)55(28(2)105-68)111-65-52(97)56(34(84)25-104-65)112-63-46(91)40(85)32(82)23-102-63)69(106-27)118-71(101)77-18-16-72(4,5)20-31(77)30-10-11-38-73(6)14-13-39(74(7,26-80)37(73)12-15-76(38,9)75(30,8)17-19-77)110-70-61(117-67-49(94)45(90)43(88)36(22-79)109-67)57(51(96)59(115-70)62(99)100)113-64-47(92)41(86)33(83)24-103-64/h10,26-28,31-61,63-70,78-79,82-98H,11-25H2,1-9H3,(H,99,100)/t27-,28+,31+,32-,33-,34-,35-,36-,37?,38?,39+,40+,41+,42-,43+,44+,45+,46-,47-,48-,49-,50+,51+,52-,53-,54+,55+,56+,57+,58+,59+,60-,61-,63+,64+,65+,66+,67+,68+,69+,70-,73+,74+,75-,76-,77+/m1/s1. The quantitative estimate of drug-likeness (QED) is 0.0220. The summed E-state index contributed by atoms with van der Waals surface area (Å²) < 4.78 is 103. The van der Waals surface area contributed by atoms with Crippen LogP contribution in [0.2, 0.25) is 0 Å². The zero-order valence-corrected chi connectivity index (χ0v) is 67.0. The molecule has 41 nitrogen and oxygen atoms in total. The second kappa shape index (κ2) is 35.4. The van der Waals surface area contributed by atoms with Gasteiger partial charge < -0.3 is 187 Å². The lowest BCUT2D eigenvalue weighted by atomic mass is 9.33. The molecule has 0 aromatic rings. The topological polar surface area (TPSA) is 630 Å². The third kappa shape index (κ3) is 16.4. The minimum atomic E-state index is -2.23. The van der Waals surface area contributed by atoms with Gasteiger partial charge in [0.15, 0.2) is 62.3 Å². The first kappa shape index (κ1) is 92.1. The van der Waals surface area contributed by atoms with E-state index in [0.717, 1.165) is 18.8 Å². The van der Waals surface area contributed by atoms with Crippen LogP contribution in [0.5, 0.6) is 0 Å². The van der Waals surface area contributed by atoms with Crippen molar-refractivity contribution in [1.82, 2.24) is 0 Å². The van der Waals surface area contributed by atoms with Crippen LogP contribution in [0, 0.1) is 50.2 Å². The van der Waals surface area contributed by atoms with Crippen molar-refractivity contribution in [1.29, 1.82) is 0 Å². The van der Waals surface area contributed by atoms with E-state index in [1.165, 1.54) is 13.8 Å². The Morgan fingerprint density at radius 2 is 0.932 bits per heavy atom. The summed E-state index contributed by atoms with van der Waals surface area (Å²) in [5.74, 6) is -4.49. The zero-order chi connectivity index (χ0) is 86.0. The van der Waals surface area contributed by atoms with Crippen LogP contribution >= 0.6 is 0 Å². The lowest BCUT2D eigenvalue weighted by molar-refractivity contribution is -0.397. The molecule has 0 bridgehead atoms. The summed E-state index contributed by atoms with van der Waals surface area (Å²) in [6.07, 6.45) is -62.9. The fourth-order valence-electron chi connectivity index (χ4n) is 21.7. The number of esters is 2. The van der Waals surface area contributed by atoms with Gasteiger partial charge in [0.2, 0.25) is 6.29 Å². The fourth-order valence-corrected chi connectivity index (χ4v) is 21.7. The number of aliphatic hydroxyl groups excluding tert-OH is 19. The van der Waals surface area contributed by atoms with Crippen molar-refractivity contribution < 1.29 is 202 Å². The minimum Gasteiger partial charge on any atom is -0.479 e. The molecule has 13 aliphatic rings. The van der Waals surface area contributed by atoms with Crippen LogP contribution in [-0.2, 0) is 99.7 Å². The Morgan fingerprint density at radius 1 is 0.449 bits per heavy atom. The highest BCUT2D eigenvalue weighted by Crippen LogP contribution is 2.76. The van der Waals surface area contributed by atoms with E-state index in [1.807, 2.05) is 0 Å². The summed E-state index contributed by atoms with van der Waals surface area (Å²) in [6.45, 7) is 12.9. The lowest BCUT2D eigenvalue weighted by Crippen LogP contribution is -2.69. The highest BCUT2D eigenvalue weighted by Gasteiger charge is 2.72. The predicted molar refractivity (Wildman–Crippen MR) is 383 cm³/mol. The molecule has 13 rings (SSSR count). The molecule has 5 aliphatic carbocycles. The van der Waals surface area contributed by atoms with Crippen LogP contribution in [0.15, 0.2) is 11.6 Å². The number of carboxylic acid groups (broad SMARTS) is 1. The van der Waals surface area contributed by atoms with Crippen molar-refractivity contribution in [2.45, 2.75) is 360 Å². The number of hydrogen-bond donors (Lipinski definition) is 20. The Hall–Kier alpha value is -3.54. The van der Waals surface area contributed by atoms with Crippen molar-refractivity contribution in [3.05, 3.63) is 11.6 Å². The molecular weight excluding hydrogens is 1580 g/mol. The van der Waals surface area contributed by atoms with Crippen LogP contribution in [0.1, 0.15) is 127 Å². The molecule has 12 fully saturated rings. The average Bonchev–Trinajstić information content (AvgIpc) is 0.672. The molecule has 2 unspecified atom stereocenters. The second-order valence-electron chi connectivity index (χ2n) is 36.4. The normalized spacial score (nSPS) is 53.6. The van der Waals surface area contributed by atoms with Gasteiger partial charge in [-0.15, -0.1) is 0 Å². The first-order valence-corrected chi connectivity index (χ1v) is 40.7. The molecule has 8 saturated heterocycles. The smallest absolute Gasteiger partial charge is 0.335 e. The predicted octanol–water partition coefficient (Wildman–Crippen LogP) is -6.92. The van der Waals surface area contributed by atoms with E-state index in [1.54, 1.807) is 6.92 Å². The van der Waals surface area contributed by atoms with Crippen molar-refractivity contribution in [3.8, 4) is 0 Å². The number of allylic oxidation sites excluding steroid dienone is 2. The van der Waals surface area contributed by atoms with Crippen molar-refractivity contribution >= 4 is 24.2 Å². The van der Waals surface area contributed by atoms with Gasteiger partial charge in [0.1, 0.15) is 153 Å². The summed E-state index contributed by atoms with van der Waals surface area (Å²) in [7, 11) is 0. The van der Waals surface area contributed by atoms with Gasteiger partial charge in [-0.3, -0.25) is 9.59 Å². The van der Waals surface area contributed by atoms with E-state index in [9.17, 15) is 117 Å². The van der Waals surface area contributed by atoms with Gasteiger partial charge in [-0.05, 0) is 117 Å². The number of aldehydes is 1. The number of aliphatic carboxylic acids is 1. The molecule has 0 radical (unpaired) electrons. The van der Waals surface area contributed by atoms with Crippen molar-refractivity contribution in [2.24, 2.45) is 50.2 Å². The molecule has 46 atom stereocenters. The Kier molecular flexibility index (Phi) is 27.6. The Morgan fingerprint density at radius 3 is 1.50 bits per heavy atom. The number of hydrogen-bond acceptors (Lipinski definition) is 40. The van der Waals surface area contributed by atoms with Gasteiger partial charge in [-0.1, -0.05) is 53.2 Å². The van der Waals surface area contributed by atoms with E-state index >= 15 is 4.79 Å². The highest BCUT2D eigenvalue weighted by atomic mass is 16.8. The summed E-state index contributed by atoms with van der Waals surface area (Å²) in [6, 6.07) is 0. The largest absolute Gasteiger partial charge is 0.479 e. The van der Waals surface area contributed by atoms with E-state index < -0.39 is 323 Å². The average molecular weight is 1700 g/mol. The third-order valence-electron chi connectivity index (χ3n) is 28.8. The van der Waals surface area contributed by atoms with E-state index in [0.29, 0.717) is 51.4 Å². The van der Waals surface area contributed by atoms with Crippen LogP contribution < -0.4 is 0 Å². The van der Waals surface area contributed by atoms with Gasteiger partial charge in [-0.25, -0.2) is 4.79 Å². The van der Waals surface area contributed by atoms with E-state index in [2.05, 4.69) is 40.7 Å². The molecule has 20 N–H and O–H groups in total. The maximum Gasteiger partial charge on any atom is 0.335 e. The van der Waals surface area contributed by atoms with Crippen LogP contribution in [0.4, 0.5) is 0 Å². The number of fused-ring (bicyclic) bond motifs is 7. The maximum absolute atomic E-state index is 16.1. The molecule has 0 amide bonds. The van der Waals surface area contributed by atoms with E-state index in [4.69, 9.17) is 80.5 Å². The molecule has 0 aromatic carbocycles. The molecule has 4 saturated carbocycles. The lowest BCUT2D eigenvalue weighted by Gasteiger charge is -2.71. The number of ether oxygens (including phenoxy) is 17. The van der Waals surface area contributed by atoms with Crippen molar-refractivity contribution in [2.75, 3.05) is 33.0 Å². The SMILES string of the molecule is CC(=O)O[C@@H]1[C@H](O)[C@@H](O[C@@H]2O[C@@H](C)[C@H](O[C@@H]3OC[C@@H](O)[C@H](O[C@@H]4OC[C@@H](O)[C@H](O)[C@H]4O)[C@H]3O)[C@@H](O[C@@H]3O[C@H](CO)[C@@H](O)[C@H](O)[C@H]3O)[C@H]2O)[C@H](OC(=O)[C@]23CCC(C)(C)C[C@H]2C2=CCC4[C@@]5(C)CC[C@H](O[C@@H]6O[C@H](C(=O)O)[C@@H](O)[C@H](O[C@@H]7OC[C@@H](O)[C@H](O)[C@H]7O)[C@H]6O[C@@H]6O[C@H](CO)[C@H](O)[C@H](O)[C@H]6O)[C@@](C)(C=O)C5CC[C@@]4(C)[C@]2(C)CC3)O[C@@H]1C. The number of rotatable bonds is 21. The monoisotopic (exact) mass is 1700 g/mol. The van der Waals surface area contributed by atoms with E-state index in [-0.39, 0.29) is 24.2 Å². The fraction of sp³-hybridized carbons (Fsp3) is 0.922. The molecule has 41 heteroatoms. The third-order valence-corrected chi connectivity index (χ3v) is 28.8. The second-order valence-corrected chi connectivity index (χ2v) is 36.4. The van der Waals surface area contributed by atoms with Gasteiger partial charge in [-0.2, -0.15) is 0 Å². The van der Waals surface area contributed by atoms with Crippen molar-refractivity contribution in [3.63, 3.8) is 0 Å². The van der Waals surface area contributed by atoms with Crippen LogP contribution in [-0.4, -0.2) is 393 Å². The number of carbonyl (C=O) groups excluding carboxylic acids is 3. The first-order chi connectivity index (χ1) is 55.4. The molecule has 8 heterocycles. The molecular formula is C77H120O41. The van der Waals surface area contributed by atoms with Crippen LogP contribution in [0.25, 0.3) is 0 Å². The number of carboxylic acids is 1. The molecule has 0 spiro atoms. The van der Waals surface area contributed by atoms with Gasteiger partial charge in [0.25, 0.3) is 0 Å². The molecule has 674 valence electrons. The number of carbonyl (C=O) groups is 4. The maximum atomic E-state index is 16.1. The van der Waals surface area contributed by atoms with Gasteiger partial charge >= 0.3 is 17.9 Å². The van der Waals surface area contributed by atoms with Gasteiger partial charge in [0.05, 0.1) is 62.2 Å². The Bertz CT molecular complexity index is 3510. The minimum absolute atomic E-state index is 0.108. The van der Waals surface area contributed by atoms with Crippen LogP contribution in [0.3, 0.4) is 0 Å². The first-order valence-electron chi connectivity index (χ1n) is 40.7. The molecule has 0 aromatic heterocycles.